The highest BCUT2D eigenvalue weighted by Gasteiger charge is 2.25. The highest BCUT2D eigenvalue weighted by Crippen LogP contribution is 2.41. The molecule has 0 radical (unpaired) electrons. The Kier molecular flexibility index (Phi) is 7.28. The lowest BCUT2D eigenvalue weighted by Crippen LogP contribution is -2.19. The summed E-state index contributed by atoms with van der Waals surface area (Å²) in [6.07, 6.45) is 2.34. The van der Waals surface area contributed by atoms with Gasteiger partial charge in [0.2, 0.25) is 0 Å². The second kappa shape index (κ2) is 9.52. The molecule has 0 aliphatic carbocycles. The van der Waals surface area contributed by atoms with Crippen LogP contribution in [-0.2, 0) is 5.41 Å². The molecular formula is C21H20Cl3NO3S. The molecule has 2 aromatic carbocycles. The maximum Gasteiger partial charge on any atom is 0.400 e. The maximum absolute atomic E-state index is 6.44. The first kappa shape index (κ1) is 22.2. The van der Waals surface area contributed by atoms with Crippen LogP contribution in [0.2, 0.25) is 10.0 Å². The van der Waals surface area contributed by atoms with Gasteiger partial charge in [-0.3, -0.25) is 0 Å². The molecule has 0 saturated heterocycles. The van der Waals surface area contributed by atoms with E-state index in [2.05, 4.69) is 31.5 Å². The van der Waals surface area contributed by atoms with Crippen molar-refractivity contribution in [3.8, 4) is 17.6 Å². The summed E-state index contributed by atoms with van der Waals surface area (Å²) in [6.45, 7) is 4.66. The number of halogens is 3. The van der Waals surface area contributed by atoms with Gasteiger partial charge >= 0.3 is 6.08 Å². The first-order valence-electron chi connectivity index (χ1n) is 8.92. The monoisotopic (exact) mass is 471 g/mol. The summed E-state index contributed by atoms with van der Waals surface area (Å²) in [6, 6.07) is 11.4. The molecule has 1 aromatic heterocycles. The Morgan fingerprint density at radius 2 is 1.72 bits per heavy atom. The van der Waals surface area contributed by atoms with E-state index in [9.17, 15) is 0 Å². The number of benzene rings is 2. The Hall–Kier alpha value is -1.53. The molecule has 8 heteroatoms. The molecule has 0 amide bonds. The molecule has 0 atom stereocenters. The van der Waals surface area contributed by atoms with Gasteiger partial charge in [0.1, 0.15) is 5.75 Å². The number of hydrogen-bond acceptors (Lipinski definition) is 5. The lowest BCUT2D eigenvalue weighted by Gasteiger charge is -2.27. The average Bonchev–Trinajstić information content (AvgIpc) is 3.09. The zero-order valence-corrected chi connectivity index (χ0v) is 19.1. The third-order valence-electron chi connectivity index (χ3n) is 4.50. The van der Waals surface area contributed by atoms with Crippen LogP contribution in [0.15, 0.2) is 52.1 Å². The number of alkyl halides is 1. The zero-order valence-electron chi connectivity index (χ0n) is 15.9. The van der Waals surface area contributed by atoms with Crippen molar-refractivity contribution < 1.29 is 13.9 Å². The van der Waals surface area contributed by atoms with Gasteiger partial charge in [-0.1, -0.05) is 49.2 Å². The topological polar surface area (TPSA) is 44.5 Å². The van der Waals surface area contributed by atoms with Gasteiger partial charge in [0.05, 0.1) is 22.8 Å². The maximum atomic E-state index is 6.44. The molecule has 0 saturated carbocycles. The standard InChI is InChI=1S/C21H20Cl3NO3S/c1-21(2,14-10-16(23)19(17(24)11-14)26-9-3-8-22)13-4-6-15(7-5-13)27-20-25-12-18(29)28-20/h4-7,10-12,29H,3,8-9H2,1-2H3. The van der Waals surface area contributed by atoms with Crippen molar-refractivity contribution in [2.75, 3.05) is 12.5 Å². The van der Waals surface area contributed by atoms with E-state index < -0.39 is 0 Å². The molecule has 3 aromatic rings. The Balaban J connectivity index is 1.80. The number of thiol groups is 1. The Morgan fingerprint density at radius 1 is 1.07 bits per heavy atom. The highest BCUT2D eigenvalue weighted by atomic mass is 35.5. The van der Waals surface area contributed by atoms with Gasteiger partial charge in [-0.2, -0.15) is 4.98 Å². The summed E-state index contributed by atoms with van der Waals surface area (Å²) in [5, 5.41) is 1.34. The van der Waals surface area contributed by atoms with Crippen LogP contribution in [0, 0.1) is 0 Å². The van der Waals surface area contributed by atoms with E-state index in [0.717, 1.165) is 17.5 Å². The second-order valence-corrected chi connectivity index (χ2v) is 8.51. The molecule has 154 valence electrons. The molecule has 0 N–H and O–H groups in total. The van der Waals surface area contributed by atoms with Crippen molar-refractivity contribution in [2.24, 2.45) is 0 Å². The SMILES string of the molecule is CC(C)(c1ccc(Oc2ncc(S)o2)cc1)c1cc(Cl)c(OCCCCl)c(Cl)c1. The molecule has 0 unspecified atom stereocenters. The smallest absolute Gasteiger partial charge is 0.400 e. The van der Waals surface area contributed by atoms with Crippen LogP contribution < -0.4 is 9.47 Å². The zero-order chi connectivity index (χ0) is 21.0. The van der Waals surface area contributed by atoms with Crippen molar-refractivity contribution in [3.05, 3.63) is 63.8 Å². The van der Waals surface area contributed by atoms with E-state index in [1.165, 1.54) is 6.20 Å². The van der Waals surface area contributed by atoms with Gasteiger partial charge in [0, 0.05) is 11.3 Å². The number of oxazole rings is 1. The average molecular weight is 473 g/mol. The van der Waals surface area contributed by atoms with Gasteiger partial charge in [-0.25, -0.2) is 0 Å². The molecule has 3 rings (SSSR count). The minimum Gasteiger partial charge on any atom is -0.490 e. The lowest BCUT2D eigenvalue weighted by molar-refractivity contribution is 0.302. The highest BCUT2D eigenvalue weighted by molar-refractivity contribution is 7.80. The summed E-state index contributed by atoms with van der Waals surface area (Å²) < 4.78 is 16.5. The number of ether oxygens (including phenoxy) is 2. The van der Waals surface area contributed by atoms with E-state index in [-0.39, 0.29) is 11.5 Å². The Morgan fingerprint density at radius 3 is 2.28 bits per heavy atom. The number of nitrogens with zero attached hydrogens (tertiary/aromatic N) is 1. The van der Waals surface area contributed by atoms with Gasteiger partial charge < -0.3 is 13.9 Å². The molecule has 0 fully saturated rings. The molecule has 4 nitrogen and oxygen atoms in total. The van der Waals surface area contributed by atoms with Crippen LogP contribution >= 0.6 is 47.4 Å². The van der Waals surface area contributed by atoms with E-state index in [4.69, 9.17) is 48.7 Å². The largest absolute Gasteiger partial charge is 0.490 e. The lowest BCUT2D eigenvalue weighted by atomic mass is 9.78. The number of aromatic nitrogens is 1. The van der Waals surface area contributed by atoms with Crippen LogP contribution in [0.25, 0.3) is 0 Å². The minimum atomic E-state index is -0.346. The van der Waals surface area contributed by atoms with Crippen molar-refractivity contribution in [1.29, 1.82) is 0 Å². The van der Waals surface area contributed by atoms with E-state index in [0.29, 0.717) is 39.1 Å². The summed E-state index contributed by atoms with van der Waals surface area (Å²) >= 11 is 22.6. The van der Waals surface area contributed by atoms with Gasteiger partial charge in [0.25, 0.3) is 0 Å². The number of hydrogen-bond donors (Lipinski definition) is 1. The predicted octanol–water partition coefficient (Wildman–Crippen LogP) is 7.40. The van der Waals surface area contributed by atoms with Crippen molar-refractivity contribution >= 4 is 47.4 Å². The van der Waals surface area contributed by atoms with E-state index in [1.807, 2.05) is 36.4 Å². The van der Waals surface area contributed by atoms with Crippen LogP contribution in [-0.4, -0.2) is 17.5 Å². The normalized spacial score (nSPS) is 11.5. The summed E-state index contributed by atoms with van der Waals surface area (Å²) in [5.74, 6) is 1.61. The third kappa shape index (κ3) is 5.34. The number of rotatable bonds is 8. The van der Waals surface area contributed by atoms with Crippen LogP contribution in [0.5, 0.6) is 17.6 Å². The van der Waals surface area contributed by atoms with Crippen molar-refractivity contribution in [1.82, 2.24) is 4.98 Å². The second-order valence-electron chi connectivity index (χ2n) is 6.88. The van der Waals surface area contributed by atoms with Gasteiger partial charge in [-0.05, 0) is 41.8 Å². The molecule has 1 heterocycles. The Labute approximate surface area is 190 Å². The van der Waals surface area contributed by atoms with Crippen LogP contribution in [0.3, 0.4) is 0 Å². The third-order valence-corrected chi connectivity index (χ3v) is 5.53. The van der Waals surface area contributed by atoms with Crippen molar-refractivity contribution in [2.45, 2.75) is 30.8 Å². The fraction of sp³-hybridized carbons (Fsp3) is 0.286. The fourth-order valence-corrected chi connectivity index (χ4v) is 3.63. The summed E-state index contributed by atoms with van der Waals surface area (Å²) in [7, 11) is 0. The summed E-state index contributed by atoms with van der Waals surface area (Å²) in [5.41, 5.74) is 1.69. The predicted molar refractivity (Wildman–Crippen MR) is 120 cm³/mol. The molecule has 29 heavy (non-hydrogen) atoms. The Bertz CT molecular complexity index is 951. The molecule has 0 spiro atoms. The van der Waals surface area contributed by atoms with Crippen LogP contribution in [0.1, 0.15) is 31.4 Å². The molecule has 0 aliphatic heterocycles. The molecule has 0 aliphatic rings. The quantitative estimate of drug-likeness (QED) is 0.211. The van der Waals surface area contributed by atoms with Gasteiger partial charge in [-0.15, -0.1) is 24.2 Å². The van der Waals surface area contributed by atoms with Crippen molar-refractivity contribution in [3.63, 3.8) is 0 Å². The minimum absolute atomic E-state index is 0.144. The summed E-state index contributed by atoms with van der Waals surface area (Å²) in [4.78, 5) is 3.97. The van der Waals surface area contributed by atoms with E-state index >= 15 is 0 Å². The first-order valence-corrected chi connectivity index (χ1v) is 10.7. The first-order chi connectivity index (χ1) is 13.8. The fourth-order valence-electron chi connectivity index (χ4n) is 2.79. The molecular weight excluding hydrogens is 453 g/mol. The van der Waals surface area contributed by atoms with E-state index in [1.54, 1.807) is 0 Å². The molecule has 0 bridgehead atoms. The van der Waals surface area contributed by atoms with Crippen LogP contribution in [0.4, 0.5) is 0 Å². The van der Waals surface area contributed by atoms with Gasteiger partial charge in [0.15, 0.2) is 10.8 Å².